The van der Waals surface area contributed by atoms with E-state index in [-0.39, 0.29) is 0 Å². The largest absolute Gasteiger partial charge is 0.348 e. The summed E-state index contributed by atoms with van der Waals surface area (Å²) in [5, 5.41) is -12.2. The fourth-order valence-electron chi connectivity index (χ4n) is 0.655. The molecule has 2 atom stereocenters. The number of hydrogen-bond donors (Lipinski definition) is 0. The summed E-state index contributed by atoms with van der Waals surface area (Å²) in [6, 6.07) is 0. The standard InChI is InChI=1S/C4Cl4F4S/c5-1(9)2(6,10)4(11,12)13-3(1,7)8. The van der Waals surface area contributed by atoms with Crippen LogP contribution in [0.3, 0.4) is 0 Å². The van der Waals surface area contributed by atoms with E-state index in [2.05, 4.69) is 11.6 Å². The van der Waals surface area contributed by atoms with E-state index in [4.69, 9.17) is 34.8 Å². The highest BCUT2D eigenvalue weighted by Gasteiger charge is 2.83. The van der Waals surface area contributed by atoms with Crippen LogP contribution in [0.15, 0.2) is 0 Å². The highest BCUT2D eigenvalue weighted by Crippen LogP contribution is 2.72. The van der Waals surface area contributed by atoms with Crippen molar-refractivity contribution < 1.29 is 17.6 Å². The van der Waals surface area contributed by atoms with Crippen molar-refractivity contribution in [2.45, 2.75) is 19.2 Å². The van der Waals surface area contributed by atoms with Crippen LogP contribution in [-0.4, -0.2) is 19.2 Å². The lowest BCUT2D eigenvalue weighted by molar-refractivity contribution is -0.0516. The van der Waals surface area contributed by atoms with Crippen molar-refractivity contribution in [3.63, 3.8) is 0 Å². The molecule has 0 aromatic heterocycles. The molecule has 0 nitrogen and oxygen atoms in total. The predicted octanol–water partition coefficient (Wildman–Crippen LogP) is 4.27. The smallest absolute Gasteiger partial charge is 0.216 e. The van der Waals surface area contributed by atoms with Crippen LogP contribution in [0.4, 0.5) is 17.6 Å². The fraction of sp³-hybridized carbons (Fsp3) is 1.00. The first-order valence-corrected chi connectivity index (χ1v) is 5.00. The first-order valence-electron chi connectivity index (χ1n) is 2.67. The van der Waals surface area contributed by atoms with Crippen LogP contribution in [0.1, 0.15) is 0 Å². The van der Waals surface area contributed by atoms with Crippen LogP contribution in [-0.2, 0) is 0 Å². The van der Waals surface area contributed by atoms with E-state index in [1.807, 2.05) is 0 Å². The average Bonchev–Trinajstić information content (AvgIpc) is 1.88. The Morgan fingerprint density at radius 2 is 1.15 bits per heavy atom. The van der Waals surface area contributed by atoms with Gasteiger partial charge in [0.1, 0.15) is 0 Å². The van der Waals surface area contributed by atoms with Crippen molar-refractivity contribution in [3.8, 4) is 0 Å². The summed E-state index contributed by atoms with van der Waals surface area (Å²) < 4.78 is 48.7. The maximum absolute atomic E-state index is 13.2. The van der Waals surface area contributed by atoms with Crippen LogP contribution in [0, 0.1) is 0 Å². The van der Waals surface area contributed by atoms with Gasteiger partial charge in [0.05, 0.1) is 0 Å². The molecule has 1 rings (SSSR count). The second-order valence-electron chi connectivity index (χ2n) is 2.28. The molecule has 0 aromatic carbocycles. The molecule has 0 spiro atoms. The normalized spacial score (nSPS) is 48.0. The van der Waals surface area contributed by atoms with Gasteiger partial charge in [0.25, 0.3) is 5.13 Å². The zero-order valence-corrected chi connectivity index (χ0v) is 9.27. The Kier molecular flexibility index (Phi) is 2.72. The lowest BCUT2D eigenvalue weighted by atomic mass is 10.2. The van der Waals surface area contributed by atoms with Crippen LogP contribution >= 0.6 is 58.2 Å². The third kappa shape index (κ3) is 1.42. The molecule has 9 heteroatoms. The molecule has 1 aliphatic heterocycles. The third-order valence-electron chi connectivity index (χ3n) is 1.38. The molecule has 1 fully saturated rings. The summed E-state index contributed by atoms with van der Waals surface area (Å²) in [6.45, 7) is 0. The van der Waals surface area contributed by atoms with Gasteiger partial charge in [0.2, 0.25) is 3.67 Å². The van der Waals surface area contributed by atoms with Crippen LogP contribution in [0.5, 0.6) is 0 Å². The van der Waals surface area contributed by atoms with E-state index in [0.717, 1.165) is 0 Å². The van der Waals surface area contributed by atoms with E-state index in [0.29, 0.717) is 0 Å². The molecule has 0 N–H and O–H groups in total. The minimum absolute atomic E-state index is 0.677. The summed E-state index contributed by atoms with van der Waals surface area (Å²) in [7, 11) is 0. The number of thioether (sulfide) groups is 1. The van der Waals surface area contributed by atoms with Crippen LogP contribution in [0.2, 0.25) is 0 Å². The maximum Gasteiger partial charge on any atom is 0.348 e. The Labute approximate surface area is 94.8 Å². The molecule has 13 heavy (non-hydrogen) atoms. The Bertz CT molecular complexity index is 216. The van der Waals surface area contributed by atoms with Gasteiger partial charge in [-0.15, -0.1) is 0 Å². The van der Waals surface area contributed by atoms with E-state index < -0.39 is 30.9 Å². The summed E-state index contributed by atoms with van der Waals surface area (Å²) in [5.74, 6) is 0. The summed E-state index contributed by atoms with van der Waals surface area (Å²) in [5.41, 5.74) is 0. The lowest BCUT2D eigenvalue weighted by Crippen LogP contribution is -2.48. The molecule has 1 heterocycles. The van der Waals surface area contributed by atoms with E-state index >= 15 is 0 Å². The van der Waals surface area contributed by atoms with Gasteiger partial charge in [-0.3, -0.25) is 0 Å². The minimum atomic E-state index is -4.30. The molecular weight excluding hydrogens is 298 g/mol. The van der Waals surface area contributed by atoms with Crippen molar-refractivity contribution in [2.24, 2.45) is 0 Å². The van der Waals surface area contributed by atoms with E-state index in [9.17, 15) is 17.6 Å². The number of hydrogen-bond acceptors (Lipinski definition) is 1. The first-order chi connectivity index (χ1) is 5.46. The Hall–Kier alpha value is 1.23. The Morgan fingerprint density at radius 3 is 1.23 bits per heavy atom. The topological polar surface area (TPSA) is 0 Å². The SMILES string of the molecule is FC1(F)SC(Cl)(Cl)C(F)(Cl)C1(F)Cl. The average molecular weight is 298 g/mol. The molecule has 0 aromatic rings. The van der Waals surface area contributed by atoms with Gasteiger partial charge in [0, 0.05) is 0 Å². The molecule has 0 aliphatic carbocycles. The van der Waals surface area contributed by atoms with Crippen LogP contribution < -0.4 is 0 Å². The summed E-state index contributed by atoms with van der Waals surface area (Å²) in [4.78, 5) is 0. The summed E-state index contributed by atoms with van der Waals surface area (Å²) in [6.07, 6.45) is 0. The first kappa shape index (κ1) is 12.3. The van der Waals surface area contributed by atoms with Gasteiger partial charge >= 0.3 is 10.4 Å². The van der Waals surface area contributed by atoms with E-state index in [1.165, 1.54) is 0 Å². The van der Waals surface area contributed by atoms with Gasteiger partial charge in [-0.2, -0.15) is 8.78 Å². The third-order valence-corrected chi connectivity index (χ3v) is 5.00. The highest BCUT2D eigenvalue weighted by molar-refractivity contribution is 8.04. The highest BCUT2D eigenvalue weighted by atomic mass is 35.5. The molecule has 1 saturated heterocycles. The van der Waals surface area contributed by atoms with Crippen molar-refractivity contribution in [2.75, 3.05) is 0 Å². The Balaban J connectivity index is 3.24. The molecule has 1 aliphatic rings. The summed E-state index contributed by atoms with van der Waals surface area (Å²) >= 11 is 18.8. The second-order valence-corrected chi connectivity index (χ2v) is 6.43. The lowest BCUT2D eigenvalue weighted by Gasteiger charge is -2.27. The zero-order chi connectivity index (χ0) is 10.7. The molecule has 2 unspecified atom stereocenters. The van der Waals surface area contributed by atoms with Crippen LogP contribution in [0.25, 0.3) is 0 Å². The van der Waals surface area contributed by atoms with Crippen molar-refractivity contribution in [3.05, 3.63) is 0 Å². The quantitative estimate of drug-likeness (QED) is 0.475. The molecule has 0 bridgehead atoms. The maximum atomic E-state index is 13.2. The van der Waals surface area contributed by atoms with Crippen molar-refractivity contribution in [1.29, 1.82) is 0 Å². The van der Waals surface area contributed by atoms with Gasteiger partial charge in [0.15, 0.2) is 0 Å². The van der Waals surface area contributed by atoms with Crippen molar-refractivity contribution >= 4 is 58.2 Å². The van der Waals surface area contributed by atoms with Gasteiger partial charge in [-0.05, 0) is 11.8 Å². The molecule has 0 amide bonds. The van der Waals surface area contributed by atoms with Gasteiger partial charge in [-0.25, -0.2) is 8.78 Å². The van der Waals surface area contributed by atoms with Gasteiger partial charge < -0.3 is 0 Å². The molecule has 78 valence electrons. The number of rotatable bonds is 0. The molecule has 0 saturated carbocycles. The van der Waals surface area contributed by atoms with Gasteiger partial charge in [-0.1, -0.05) is 46.4 Å². The monoisotopic (exact) mass is 296 g/mol. The minimum Gasteiger partial charge on any atom is -0.216 e. The predicted molar refractivity (Wildman–Crippen MR) is 46.4 cm³/mol. The number of alkyl halides is 8. The zero-order valence-electron chi connectivity index (χ0n) is 5.43. The molecular formula is C4Cl4F4S. The number of halogens is 8. The van der Waals surface area contributed by atoms with Crippen molar-refractivity contribution in [1.82, 2.24) is 0 Å². The molecule has 0 radical (unpaired) electrons. The van der Waals surface area contributed by atoms with E-state index in [1.54, 1.807) is 0 Å². The second kappa shape index (κ2) is 2.88. The Morgan fingerprint density at radius 1 is 0.769 bits per heavy atom. The fourth-order valence-corrected chi connectivity index (χ4v) is 3.06.